The van der Waals surface area contributed by atoms with Gasteiger partial charge in [-0.3, -0.25) is 4.79 Å². The van der Waals surface area contributed by atoms with Crippen LogP contribution in [0.1, 0.15) is 23.7 Å². The summed E-state index contributed by atoms with van der Waals surface area (Å²) in [4.78, 5) is 11.7. The Morgan fingerprint density at radius 1 is 1.67 bits per heavy atom. The second kappa shape index (κ2) is 5.57. The third-order valence-corrected chi connectivity index (χ3v) is 2.49. The Labute approximate surface area is 98.2 Å². The lowest BCUT2D eigenvalue weighted by Crippen LogP contribution is -2.33. The van der Waals surface area contributed by atoms with Gasteiger partial charge in [-0.2, -0.15) is 0 Å². The highest BCUT2D eigenvalue weighted by atomic mass is 79.9. The van der Waals surface area contributed by atoms with Crippen LogP contribution in [0.5, 0.6) is 0 Å². The van der Waals surface area contributed by atoms with Crippen LogP contribution in [0.3, 0.4) is 0 Å². The van der Waals surface area contributed by atoms with Crippen LogP contribution in [0, 0.1) is 12.3 Å². The van der Waals surface area contributed by atoms with Gasteiger partial charge in [-0.25, -0.2) is 0 Å². The van der Waals surface area contributed by atoms with Crippen LogP contribution in [-0.4, -0.2) is 11.9 Å². The Hall–Kier alpha value is -1.27. The number of terminal acetylenes is 1. The summed E-state index contributed by atoms with van der Waals surface area (Å²) in [6.45, 7) is 1.94. The van der Waals surface area contributed by atoms with Gasteiger partial charge in [0.2, 0.25) is 0 Å². The number of nitrogens with one attached hydrogen (secondary N) is 1. The Morgan fingerprint density at radius 3 is 2.93 bits per heavy atom. The molecule has 1 aromatic carbocycles. The minimum absolute atomic E-state index is 0.138. The number of halogens is 1. The summed E-state index contributed by atoms with van der Waals surface area (Å²) < 4.78 is 0.879. The SMILES string of the molecule is C#CC(CC)NC(=O)c1cccc(Br)c1. The first-order valence-electron chi connectivity index (χ1n) is 4.70. The van der Waals surface area contributed by atoms with E-state index in [1.807, 2.05) is 19.1 Å². The molecule has 0 aliphatic carbocycles. The van der Waals surface area contributed by atoms with E-state index in [2.05, 4.69) is 27.2 Å². The molecule has 0 saturated carbocycles. The van der Waals surface area contributed by atoms with Gasteiger partial charge in [0.25, 0.3) is 5.91 Å². The summed E-state index contributed by atoms with van der Waals surface area (Å²) in [5.74, 6) is 2.39. The minimum Gasteiger partial charge on any atom is -0.338 e. The molecule has 1 atom stereocenters. The number of hydrogen-bond acceptors (Lipinski definition) is 1. The van der Waals surface area contributed by atoms with Crippen LogP contribution < -0.4 is 5.32 Å². The zero-order chi connectivity index (χ0) is 11.3. The van der Waals surface area contributed by atoms with Gasteiger partial charge in [0, 0.05) is 10.0 Å². The molecule has 0 bridgehead atoms. The maximum atomic E-state index is 11.7. The molecule has 1 N–H and O–H groups in total. The van der Waals surface area contributed by atoms with E-state index in [1.54, 1.807) is 12.1 Å². The molecule has 3 heteroatoms. The largest absolute Gasteiger partial charge is 0.338 e. The summed E-state index contributed by atoms with van der Waals surface area (Å²) in [5.41, 5.74) is 0.609. The number of carbonyl (C=O) groups is 1. The summed E-state index contributed by atoms with van der Waals surface area (Å²) in [6, 6.07) is 7.00. The first kappa shape index (κ1) is 11.8. The molecule has 0 saturated heterocycles. The zero-order valence-corrected chi connectivity index (χ0v) is 10.0. The molecule has 15 heavy (non-hydrogen) atoms. The van der Waals surface area contributed by atoms with Crippen LogP contribution in [-0.2, 0) is 0 Å². The van der Waals surface area contributed by atoms with Crippen LogP contribution >= 0.6 is 15.9 Å². The van der Waals surface area contributed by atoms with E-state index in [-0.39, 0.29) is 11.9 Å². The van der Waals surface area contributed by atoms with Gasteiger partial charge in [-0.15, -0.1) is 6.42 Å². The lowest BCUT2D eigenvalue weighted by Gasteiger charge is -2.10. The van der Waals surface area contributed by atoms with E-state index in [0.717, 1.165) is 10.9 Å². The Kier molecular flexibility index (Phi) is 4.38. The van der Waals surface area contributed by atoms with E-state index in [0.29, 0.717) is 5.56 Å². The van der Waals surface area contributed by atoms with Gasteiger partial charge in [-0.05, 0) is 24.6 Å². The van der Waals surface area contributed by atoms with Crippen molar-refractivity contribution in [2.24, 2.45) is 0 Å². The molecule has 0 fully saturated rings. The van der Waals surface area contributed by atoms with E-state index in [9.17, 15) is 4.79 Å². The molecular formula is C12H12BrNO. The normalized spacial score (nSPS) is 11.5. The fourth-order valence-electron chi connectivity index (χ4n) is 1.13. The van der Waals surface area contributed by atoms with E-state index >= 15 is 0 Å². The summed E-state index contributed by atoms with van der Waals surface area (Å²) in [5, 5.41) is 2.76. The molecule has 1 amide bonds. The molecule has 0 spiro atoms. The van der Waals surface area contributed by atoms with Crippen molar-refractivity contribution in [3.8, 4) is 12.3 Å². The molecule has 0 heterocycles. The number of hydrogen-bond donors (Lipinski definition) is 1. The quantitative estimate of drug-likeness (QED) is 0.837. The summed E-state index contributed by atoms with van der Waals surface area (Å²) >= 11 is 3.31. The highest BCUT2D eigenvalue weighted by molar-refractivity contribution is 9.10. The molecular weight excluding hydrogens is 254 g/mol. The Bertz CT molecular complexity index is 395. The molecule has 1 unspecified atom stereocenters. The second-order valence-electron chi connectivity index (χ2n) is 3.11. The number of benzene rings is 1. The van der Waals surface area contributed by atoms with Gasteiger partial charge in [0.05, 0.1) is 6.04 Å². The highest BCUT2D eigenvalue weighted by Gasteiger charge is 2.09. The van der Waals surface area contributed by atoms with E-state index in [4.69, 9.17) is 6.42 Å². The fourth-order valence-corrected chi connectivity index (χ4v) is 1.53. The summed E-state index contributed by atoms with van der Waals surface area (Å²) in [6.07, 6.45) is 6.00. The minimum atomic E-state index is -0.198. The Balaban J connectivity index is 2.74. The molecule has 78 valence electrons. The first-order valence-corrected chi connectivity index (χ1v) is 5.49. The average Bonchev–Trinajstić information content (AvgIpc) is 2.25. The van der Waals surface area contributed by atoms with Gasteiger partial charge in [0.1, 0.15) is 0 Å². The molecule has 1 aromatic rings. The average molecular weight is 266 g/mol. The van der Waals surface area contributed by atoms with Crippen molar-refractivity contribution in [1.29, 1.82) is 0 Å². The molecule has 0 aromatic heterocycles. The predicted octanol–water partition coefficient (Wildman–Crippen LogP) is 2.59. The van der Waals surface area contributed by atoms with Gasteiger partial charge < -0.3 is 5.32 Å². The monoisotopic (exact) mass is 265 g/mol. The van der Waals surface area contributed by atoms with Crippen molar-refractivity contribution in [1.82, 2.24) is 5.32 Å². The van der Waals surface area contributed by atoms with Crippen molar-refractivity contribution in [2.75, 3.05) is 0 Å². The van der Waals surface area contributed by atoms with Crippen molar-refractivity contribution in [3.05, 3.63) is 34.3 Å². The number of amides is 1. The third-order valence-electron chi connectivity index (χ3n) is 2.00. The molecule has 1 rings (SSSR count). The topological polar surface area (TPSA) is 29.1 Å². The standard InChI is InChI=1S/C12H12BrNO/c1-3-11(4-2)14-12(15)9-6-5-7-10(13)8-9/h1,5-8,11H,4H2,2H3,(H,14,15). The maximum absolute atomic E-state index is 11.7. The number of carbonyl (C=O) groups excluding carboxylic acids is 1. The molecule has 2 nitrogen and oxygen atoms in total. The van der Waals surface area contributed by atoms with Gasteiger partial charge in [0.15, 0.2) is 0 Å². The van der Waals surface area contributed by atoms with Crippen molar-refractivity contribution in [3.63, 3.8) is 0 Å². The first-order chi connectivity index (χ1) is 7.17. The zero-order valence-electron chi connectivity index (χ0n) is 8.46. The predicted molar refractivity (Wildman–Crippen MR) is 64.5 cm³/mol. The summed E-state index contributed by atoms with van der Waals surface area (Å²) in [7, 11) is 0. The van der Waals surface area contributed by atoms with Crippen molar-refractivity contribution >= 4 is 21.8 Å². The van der Waals surface area contributed by atoms with Crippen LogP contribution in [0.25, 0.3) is 0 Å². The smallest absolute Gasteiger partial charge is 0.252 e. The van der Waals surface area contributed by atoms with E-state index in [1.165, 1.54) is 0 Å². The molecule has 0 aliphatic heterocycles. The highest BCUT2D eigenvalue weighted by Crippen LogP contribution is 2.11. The van der Waals surface area contributed by atoms with Gasteiger partial charge in [-0.1, -0.05) is 34.8 Å². The third kappa shape index (κ3) is 3.41. The van der Waals surface area contributed by atoms with Gasteiger partial charge >= 0.3 is 0 Å². The second-order valence-corrected chi connectivity index (χ2v) is 4.03. The lowest BCUT2D eigenvalue weighted by molar-refractivity contribution is 0.0945. The van der Waals surface area contributed by atoms with Crippen LogP contribution in [0.4, 0.5) is 0 Å². The van der Waals surface area contributed by atoms with Crippen LogP contribution in [0.2, 0.25) is 0 Å². The molecule has 0 radical (unpaired) electrons. The maximum Gasteiger partial charge on any atom is 0.252 e. The van der Waals surface area contributed by atoms with Crippen molar-refractivity contribution < 1.29 is 4.79 Å². The van der Waals surface area contributed by atoms with Crippen LogP contribution in [0.15, 0.2) is 28.7 Å². The van der Waals surface area contributed by atoms with Crippen molar-refractivity contribution in [2.45, 2.75) is 19.4 Å². The fraction of sp³-hybridized carbons (Fsp3) is 0.250. The molecule has 0 aliphatic rings. The van der Waals surface area contributed by atoms with E-state index < -0.39 is 0 Å². The number of rotatable bonds is 3. The Morgan fingerprint density at radius 2 is 2.40 bits per heavy atom. The lowest BCUT2D eigenvalue weighted by atomic mass is 10.2.